The highest BCUT2D eigenvalue weighted by Gasteiger charge is 2.29. The number of aliphatic hydroxyl groups is 1. The molecule has 1 aromatic carbocycles. The molecule has 1 heterocycles. The first kappa shape index (κ1) is 20.9. The standard InChI is InChI=1S/C25H31NO4/c27-23-17-18(26-15-7-2-8-16-26)13-14-22(23)24(28)20-11-5-6-12-21(20)25(29)30-19-9-3-1-4-10-19/h5-6,11-14,18-19,28H,1-4,7-10,15-17H2. The number of allylic oxidation sites excluding steroid dienone is 2. The molecule has 5 heteroatoms. The van der Waals surface area contributed by atoms with Gasteiger partial charge in [-0.2, -0.15) is 0 Å². The smallest absolute Gasteiger partial charge is 0.339 e. The third-order valence-corrected chi connectivity index (χ3v) is 6.52. The van der Waals surface area contributed by atoms with Crippen molar-refractivity contribution in [1.82, 2.24) is 4.90 Å². The van der Waals surface area contributed by atoms with Gasteiger partial charge in [0.2, 0.25) is 0 Å². The molecule has 1 atom stereocenters. The lowest BCUT2D eigenvalue weighted by Crippen LogP contribution is -2.40. The fraction of sp³-hybridized carbons (Fsp3) is 0.520. The highest BCUT2D eigenvalue weighted by molar-refractivity contribution is 6.07. The molecule has 1 saturated carbocycles. The van der Waals surface area contributed by atoms with E-state index in [0.717, 1.165) is 38.8 Å². The fourth-order valence-electron chi connectivity index (χ4n) is 4.79. The lowest BCUT2D eigenvalue weighted by Gasteiger charge is -2.34. The number of aliphatic hydroxyl groups excluding tert-OH is 1. The van der Waals surface area contributed by atoms with E-state index in [-0.39, 0.29) is 29.3 Å². The van der Waals surface area contributed by atoms with E-state index in [1.807, 2.05) is 6.08 Å². The molecule has 5 nitrogen and oxygen atoms in total. The van der Waals surface area contributed by atoms with Crippen molar-refractivity contribution in [3.05, 3.63) is 53.1 Å². The third-order valence-electron chi connectivity index (χ3n) is 6.52. The number of likely N-dealkylation sites (tertiary alicyclic amines) is 1. The van der Waals surface area contributed by atoms with Gasteiger partial charge in [0, 0.05) is 18.0 Å². The monoisotopic (exact) mass is 409 g/mol. The Bertz CT molecular complexity index is 844. The number of piperidine rings is 1. The molecule has 3 aliphatic rings. The molecule has 2 fully saturated rings. The van der Waals surface area contributed by atoms with Crippen molar-refractivity contribution in [2.75, 3.05) is 13.1 Å². The molecule has 1 N–H and O–H groups in total. The van der Waals surface area contributed by atoms with Gasteiger partial charge < -0.3 is 9.84 Å². The van der Waals surface area contributed by atoms with E-state index in [9.17, 15) is 14.7 Å². The first-order valence-corrected chi connectivity index (χ1v) is 11.3. The van der Waals surface area contributed by atoms with E-state index < -0.39 is 5.97 Å². The van der Waals surface area contributed by atoms with Gasteiger partial charge in [0.25, 0.3) is 0 Å². The maximum Gasteiger partial charge on any atom is 0.339 e. The van der Waals surface area contributed by atoms with Crippen LogP contribution in [0.1, 0.15) is 73.7 Å². The van der Waals surface area contributed by atoms with Gasteiger partial charge in [-0.1, -0.05) is 43.2 Å². The molecular weight excluding hydrogens is 378 g/mol. The summed E-state index contributed by atoms with van der Waals surface area (Å²) in [6.07, 6.45) is 12.8. The van der Waals surface area contributed by atoms with Crippen LogP contribution in [0.4, 0.5) is 0 Å². The Labute approximate surface area is 178 Å². The average molecular weight is 410 g/mol. The molecular formula is C25H31NO4. The summed E-state index contributed by atoms with van der Waals surface area (Å²) in [5, 5.41) is 10.9. The van der Waals surface area contributed by atoms with E-state index in [0.29, 0.717) is 17.5 Å². The van der Waals surface area contributed by atoms with E-state index in [4.69, 9.17) is 4.74 Å². The van der Waals surface area contributed by atoms with Crippen LogP contribution in [-0.2, 0) is 9.53 Å². The summed E-state index contributed by atoms with van der Waals surface area (Å²) >= 11 is 0. The number of nitrogens with zero attached hydrogens (tertiary/aromatic N) is 1. The summed E-state index contributed by atoms with van der Waals surface area (Å²) in [4.78, 5) is 28.0. The summed E-state index contributed by atoms with van der Waals surface area (Å²) in [7, 11) is 0. The number of esters is 1. The summed E-state index contributed by atoms with van der Waals surface area (Å²) < 4.78 is 5.70. The molecule has 0 spiro atoms. The maximum atomic E-state index is 12.8. The normalized spacial score (nSPS) is 25.2. The van der Waals surface area contributed by atoms with Crippen molar-refractivity contribution in [2.24, 2.45) is 0 Å². The molecule has 0 bridgehead atoms. The third kappa shape index (κ3) is 4.67. The van der Waals surface area contributed by atoms with Crippen LogP contribution in [0.2, 0.25) is 0 Å². The van der Waals surface area contributed by atoms with E-state index in [1.165, 1.54) is 25.7 Å². The Balaban J connectivity index is 1.55. The van der Waals surface area contributed by atoms with Crippen LogP contribution in [-0.4, -0.2) is 47.0 Å². The molecule has 4 rings (SSSR count). The lowest BCUT2D eigenvalue weighted by atomic mass is 9.91. The number of ketones is 1. The summed E-state index contributed by atoms with van der Waals surface area (Å²) in [5.74, 6) is -0.645. The van der Waals surface area contributed by atoms with Gasteiger partial charge >= 0.3 is 5.97 Å². The van der Waals surface area contributed by atoms with Crippen LogP contribution in [0.15, 0.2) is 42.0 Å². The zero-order valence-electron chi connectivity index (χ0n) is 17.5. The zero-order chi connectivity index (χ0) is 20.9. The molecule has 1 saturated heterocycles. The molecule has 1 unspecified atom stereocenters. The maximum absolute atomic E-state index is 12.8. The van der Waals surface area contributed by atoms with Crippen molar-refractivity contribution in [1.29, 1.82) is 0 Å². The minimum atomic E-state index is -0.428. The summed E-state index contributed by atoms with van der Waals surface area (Å²) in [6.45, 7) is 2.03. The summed E-state index contributed by atoms with van der Waals surface area (Å²) in [6, 6.07) is 6.95. The number of hydrogen-bond acceptors (Lipinski definition) is 5. The number of rotatable bonds is 4. The van der Waals surface area contributed by atoms with Gasteiger partial charge in [0.05, 0.1) is 11.1 Å². The Morgan fingerprint density at radius 2 is 1.63 bits per heavy atom. The van der Waals surface area contributed by atoms with Crippen molar-refractivity contribution in [3.8, 4) is 0 Å². The Hall–Kier alpha value is -2.40. The Kier molecular flexibility index (Phi) is 6.68. The first-order valence-electron chi connectivity index (χ1n) is 11.3. The molecule has 1 aromatic rings. The van der Waals surface area contributed by atoms with Gasteiger partial charge in [0.1, 0.15) is 11.9 Å². The van der Waals surface area contributed by atoms with E-state index >= 15 is 0 Å². The highest BCUT2D eigenvalue weighted by Crippen LogP contribution is 2.29. The van der Waals surface area contributed by atoms with Crippen molar-refractivity contribution >= 4 is 17.5 Å². The quantitative estimate of drug-likeness (QED) is 0.438. The van der Waals surface area contributed by atoms with Gasteiger partial charge in [-0.15, -0.1) is 0 Å². The van der Waals surface area contributed by atoms with Crippen molar-refractivity contribution < 1.29 is 19.4 Å². The second kappa shape index (κ2) is 9.61. The number of carbonyl (C=O) groups is 2. The predicted molar refractivity (Wildman–Crippen MR) is 116 cm³/mol. The van der Waals surface area contributed by atoms with E-state index in [1.54, 1.807) is 30.3 Å². The molecule has 0 amide bonds. The minimum Gasteiger partial charge on any atom is -0.507 e. The number of hydrogen-bond donors (Lipinski definition) is 1. The van der Waals surface area contributed by atoms with Gasteiger partial charge in [0.15, 0.2) is 5.78 Å². The minimum absolute atomic E-state index is 0.0596. The average Bonchev–Trinajstić information content (AvgIpc) is 2.80. The van der Waals surface area contributed by atoms with Gasteiger partial charge in [-0.3, -0.25) is 9.69 Å². The molecule has 2 aliphatic carbocycles. The number of ether oxygens (including phenoxy) is 1. The number of carbonyl (C=O) groups excluding carboxylic acids is 2. The SMILES string of the molecule is O=C1CC(N2CCCCC2)C=CC1=C(O)c1ccccc1C(=O)OC1CCCCC1. The summed E-state index contributed by atoms with van der Waals surface area (Å²) in [5.41, 5.74) is 0.955. The highest BCUT2D eigenvalue weighted by atomic mass is 16.5. The zero-order valence-corrected chi connectivity index (χ0v) is 17.5. The van der Waals surface area contributed by atoms with Crippen LogP contribution in [0, 0.1) is 0 Å². The Morgan fingerprint density at radius 3 is 2.33 bits per heavy atom. The van der Waals surface area contributed by atoms with Gasteiger partial charge in [-0.05, 0) is 57.7 Å². The first-order chi connectivity index (χ1) is 14.6. The fourth-order valence-corrected chi connectivity index (χ4v) is 4.79. The Morgan fingerprint density at radius 1 is 0.967 bits per heavy atom. The number of benzene rings is 1. The lowest BCUT2D eigenvalue weighted by molar-refractivity contribution is -0.116. The van der Waals surface area contributed by atoms with Crippen LogP contribution in [0.3, 0.4) is 0 Å². The largest absolute Gasteiger partial charge is 0.507 e. The molecule has 0 radical (unpaired) electrons. The molecule has 30 heavy (non-hydrogen) atoms. The van der Waals surface area contributed by atoms with E-state index in [2.05, 4.69) is 4.90 Å². The predicted octanol–water partition coefficient (Wildman–Crippen LogP) is 4.83. The second-order valence-corrected chi connectivity index (χ2v) is 8.62. The van der Waals surface area contributed by atoms with Crippen LogP contribution in [0.25, 0.3) is 5.76 Å². The topological polar surface area (TPSA) is 66.8 Å². The van der Waals surface area contributed by atoms with Crippen LogP contribution in [0.5, 0.6) is 0 Å². The second-order valence-electron chi connectivity index (χ2n) is 8.62. The molecule has 160 valence electrons. The molecule has 0 aromatic heterocycles. The van der Waals surface area contributed by atoms with Gasteiger partial charge in [-0.25, -0.2) is 4.79 Å². The van der Waals surface area contributed by atoms with Crippen LogP contribution >= 0.6 is 0 Å². The van der Waals surface area contributed by atoms with Crippen LogP contribution < -0.4 is 0 Å². The number of Topliss-reactive ketones (excluding diaryl/α,β-unsaturated/α-hetero) is 1. The van der Waals surface area contributed by atoms with Crippen molar-refractivity contribution in [3.63, 3.8) is 0 Å². The van der Waals surface area contributed by atoms with Crippen molar-refractivity contribution in [2.45, 2.75) is 69.9 Å². The molecule has 1 aliphatic heterocycles.